The Morgan fingerprint density at radius 1 is 1.10 bits per heavy atom. The van der Waals surface area contributed by atoms with Gasteiger partial charge >= 0.3 is 0 Å². The first-order valence-corrected chi connectivity index (χ1v) is 8.93. The zero-order valence-corrected chi connectivity index (χ0v) is 12.6. The van der Waals surface area contributed by atoms with Crippen molar-refractivity contribution < 1.29 is 8.42 Å². The summed E-state index contributed by atoms with van der Waals surface area (Å²) in [5, 5.41) is 3.37. The van der Waals surface area contributed by atoms with Crippen molar-refractivity contribution in [2.45, 2.75) is 10.9 Å². The average Bonchev–Trinajstić information content (AvgIpc) is 2.38. The summed E-state index contributed by atoms with van der Waals surface area (Å²) in [6, 6.07) is 7.85. The fourth-order valence-electron chi connectivity index (χ4n) is 2.85. The van der Waals surface area contributed by atoms with Crippen LogP contribution in [0.25, 0.3) is 0 Å². The smallest absolute Gasteiger partial charge is 0.175 e. The van der Waals surface area contributed by atoms with Crippen molar-refractivity contribution in [3.63, 3.8) is 0 Å². The van der Waals surface area contributed by atoms with Crippen LogP contribution in [0, 0.1) is 0 Å². The lowest BCUT2D eigenvalue weighted by molar-refractivity contribution is 0.147. The molecule has 0 atom stereocenters. The SMILES string of the molecule is CS(=O)(=O)c1ccc(N2CC(N3CCNCC3)C2)cc1. The van der Waals surface area contributed by atoms with Crippen LogP contribution >= 0.6 is 0 Å². The number of piperazine rings is 1. The number of sulfone groups is 1. The maximum absolute atomic E-state index is 11.4. The highest BCUT2D eigenvalue weighted by Gasteiger charge is 2.32. The number of rotatable bonds is 3. The van der Waals surface area contributed by atoms with Gasteiger partial charge in [-0.3, -0.25) is 4.90 Å². The summed E-state index contributed by atoms with van der Waals surface area (Å²) >= 11 is 0. The fraction of sp³-hybridized carbons (Fsp3) is 0.571. The summed E-state index contributed by atoms with van der Waals surface area (Å²) in [6.45, 7) is 6.51. The van der Waals surface area contributed by atoms with Crippen LogP contribution < -0.4 is 10.2 Å². The van der Waals surface area contributed by atoms with E-state index < -0.39 is 9.84 Å². The molecule has 2 saturated heterocycles. The van der Waals surface area contributed by atoms with Gasteiger partial charge in [-0.05, 0) is 24.3 Å². The zero-order chi connectivity index (χ0) is 14.2. The predicted octanol–water partition coefficient (Wildman–Crippen LogP) is 0.184. The van der Waals surface area contributed by atoms with Crippen molar-refractivity contribution in [2.24, 2.45) is 0 Å². The first-order chi connectivity index (χ1) is 9.54. The van der Waals surface area contributed by atoms with Crippen molar-refractivity contribution in [1.82, 2.24) is 10.2 Å². The maximum atomic E-state index is 11.4. The molecule has 0 saturated carbocycles. The van der Waals surface area contributed by atoms with Crippen molar-refractivity contribution in [2.75, 3.05) is 50.4 Å². The second kappa shape index (κ2) is 5.35. The number of anilines is 1. The van der Waals surface area contributed by atoms with E-state index in [9.17, 15) is 8.42 Å². The minimum atomic E-state index is -3.10. The highest BCUT2D eigenvalue weighted by molar-refractivity contribution is 7.90. The third-order valence-corrected chi connectivity index (χ3v) is 5.29. The second-order valence-electron chi connectivity index (χ2n) is 5.61. The average molecular weight is 295 g/mol. The highest BCUT2D eigenvalue weighted by atomic mass is 32.2. The van der Waals surface area contributed by atoms with E-state index in [0.717, 1.165) is 45.0 Å². The molecule has 1 aromatic rings. The van der Waals surface area contributed by atoms with Crippen molar-refractivity contribution in [1.29, 1.82) is 0 Å². The normalized spacial score (nSPS) is 21.8. The van der Waals surface area contributed by atoms with Gasteiger partial charge in [0.1, 0.15) is 0 Å². The van der Waals surface area contributed by atoms with Gasteiger partial charge in [-0.15, -0.1) is 0 Å². The van der Waals surface area contributed by atoms with Gasteiger partial charge in [0.25, 0.3) is 0 Å². The fourth-order valence-corrected chi connectivity index (χ4v) is 3.48. The summed E-state index contributed by atoms with van der Waals surface area (Å²) in [5.74, 6) is 0. The van der Waals surface area contributed by atoms with Crippen LogP contribution in [0.1, 0.15) is 0 Å². The second-order valence-corrected chi connectivity index (χ2v) is 7.63. The van der Waals surface area contributed by atoms with E-state index >= 15 is 0 Å². The van der Waals surface area contributed by atoms with Crippen molar-refractivity contribution in [3.05, 3.63) is 24.3 Å². The molecule has 110 valence electrons. The lowest BCUT2D eigenvalue weighted by Gasteiger charge is -2.48. The monoisotopic (exact) mass is 295 g/mol. The van der Waals surface area contributed by atoms with Crippen LogP contribution in [0.15, 0.2) is 29.2 Å². The van der Waals surface area contributed by atoms with Crippen LogP contribution in [0.5, 0.6) is 0 Å². The summed E-state index contributed by atoms with van der Waals surface area (Å²) in [5.41, 5.74) is 1.11. The third-order valence-electron chi connectivity index (χ3n) is 4.16. The van der Waals surface area contributed by atoms with Crippen LogP contribution in [0.2, 0.25) is 0 Å². The van der Waals surface area contributed by atoms with Gasteiger partial charge in [0.15, 0.2) is 9.84 Å². The molecule has 20 heavy (non-hydrogen) atoms. The molecule has 0 spiro atoms. The molecule has 3 rings (SSSR count). The summed E-state index contributed by atoms with van der Waals surface area (Å²) < 4.78 is 22.9. The molecule has 0 amide bonds. The van der Waals surface area contributed by atoms with E-state index in [2.05, 4.69) is 15.1 Å². The summed E-state index contributed by atoms with van der Waals surface area (Å²) in [7, 11) is -3.10. The minimum Gasteiger partial charge on any atom is -0.368 e. The van der Waals surface area contributed by atoms with Gasteiger partial charge < -0.3 is 10.2 Å². The molecule has 1 aromatic carbocycles. The van der Waals surface area contributed by atoms with Crippen LogP contribution in [0.4, 0.5) is 5.69 Å². The Balaban J connectivity index is 1.59. The molecule has 0 radical (unpaired) electrons. The van der Waals surface area contributed by atoms with Gasteiger partial charge in [0.05, 0.1) is 4.90 Å². The minimum absolute atomic E-state index is 0.389. The molecule has 2 aliphatic heterocycles. The number of nitrogens with zero attached hydrogens (tertiary/aromatic N) is 2. The molecule has 2 aliphatic rings. The molecule has 0 unspecified atom stereocenters. The van der Waals surface area contributed by atoms with Gasteiger partial charge in [0.2, 0.25) is 0 Å². The van der Waals surface area contributed by atoms with E-state index in [4.69, 9.17) is 0 Å². The molecule has 1 N–H and O–H groups in total. The van der Waals surface area contributed by atoms with Crippen molar-refractivity contribution in [3.8, 4) is 0 Å². The van der Waals surface area contributed by atoms with Crippen LogP contribution in [-0.2, 0) is 9.84 Å². The van der Waals surface area contributed by atoms with Gasteiger partial charge in [0, 0.05) is 57.3 Å². The van der Waals surface area contributed by atoms with Crippen molar-refractivity contribution >= 4 is 15.5 Å². The molecular weight excluding hydrogens is 274 g/mol. The molecule has 0 aromatic heterocycles. The third kappa shape index (κ3) is 2.82. The maximum Gasteiger partial charge on any atom is 0.175 e. The van der Waals surface area contributed by atoms with E-state index in [0.29, 0.717) is 10.9 Å². The molecule has 6 heteroatoms. The summed E-state index contributed by atoms with van der Waals surface area (Å²) in [6.07, 6.45) is 1.24. The lowest BCUT2D eigenvalue weighted by Crippen LogP contribution is -2.62. The Hall–Kier alpha value is -1.11. The standard InChI is InChI=1S/C14H21N3O2S/c1-20(18,19)14-4-2-12(3-5-14)17-10-13(11-17)16-8-6-15-7-9-16/h2-5,13,15H,6-11H2,1H3. The molecule has 5 nitrogen and oxygen atoms in total. The molecule has 0 bridgehead atoms. The Labute approximate surface area is 120 Å². The lowest BCUT2D eigenvalue weighted by atomic mass is 10.0. The first kappa shape index (κ1) is 13.9. The zero-order valence-electron chi connectivity index (χ0n) is 11.7. The predicted molar refractivity (Wildman–Crippen MR) is 80.0 cm³/mol. The molecule has 2 heterocycles. The summed E-state index contributed by atoms with van der Waals surface area (Å²) in [4.78, 5) is 5.23. The van der Waals surface area contributed by atoms with E-state index in [1.54, 1.807) is 12.1 Å². The molecular formula is C14H21N3O2S. The number of hydrogen-bond donors (Lipinski definition) is 1. The van der Waals surface area contributed by atoms with Gasteiger partial charge in [-0.25, -0.2) is 8.42 Å². The van der Waals surface area contributed by atoms with E-state index in [1.807, 2.05) is 12.1 Å². The van der Waals surface area contributed by atoms with Gasteiger partial charge in [-0.2, -0.15) is 0 Å². The number of benzene rings is 1. The Morgan fingerprint density at radius 3 is 2.25 bits per heavy atom. The van der Waals surface area contributed by atoms with Crippen LogP contribution in [0.3, 0.4) is 0 Å². The topological polar surface area (TPSA) is 52.7 Å². The first-order valence-electron chi connectivity index (χ1n) is 7.04. The van der Waals surface area contributed by atoms with E-state index in [1.165, 1.54) is 6.26 Å². The number of nitrogens with one attached hydrogen (secondary N) is 1. The van der Waals surface area contributed by atoms with Gasteiger partial charge in [-0.1, -0.05) is 0 Å². The highest BCUT2D eigenvalue weighted by Crippen LogP contribution is 2.25. The Bertz CT molecular complexity index is 559. The Morgan fingerprint density at radius 2 is 1.70 bits per heavy atom. The quantitative estimate of drug-likeness (QED) is 0.862. The molecule has 0 aliphatic carbocycles. The molecule has 2 fully saturated rings. The van der Waals surface area contributed by atoms with Crippen LogP contribution in [-0.4, -0.2) is 64.9 Å². The largest absolute Gasteiger partial charge is 0.368 e. The Kier molecular flexibility index (Phi) is 3.70. The number of hydrogen-bond acceptors (Lipinski definition) is 5. The van der Waals surface area contributed by atoms with E-state index in [-0.39, 0.29) is 0 Å².